The van der Waals surface area contributed by atoms with Crippen molar-refractivity contribution in [3.8, 4) is 5.75 Å². The van der Waals surface area contributed by atoms with Crippen LogP contribution in [0.2, 0.25) is 5.02 Å². The van der Waals surface area contributed by atoms with Gasteiger partial charge in [-0.05, 0) is 32.0 Å². The third-order valence-electron chi connectivity index (χ3n) is 3.94. The average molecular weight is 394 g/mol. The Morgan fingerprint density at radius 3 is 2.81 bits per heavy atom. The Hall–Kier alpha value is -2.87. The van der Waals surface area contributed by atoms with Gasteiger partial charge in [0.25, 0.3) is 5.91 Å². The molecule has 0 radical (unpaired) electrons. The summed E-state index contributed by atoms with van der Waals surface area (Å²) >= 11 is 5.90. The molecule has 1 amide bonds. The van der Waals surface area contributed by atoms with E-state index in [1.54, 1.807) is 14.0 Å². The van der Waals surface area contributed by atoms with Crippen LogP contribution < -0.4 is 4.74 Å². The summed E-state index contributed by atoms with van der Waals surface area (Å²) in [7, 11) is 1.65. The molecule has 0 aliphatic heterocycles. The van der Waals surface area contributed by atoms with E-state index < -0.39 is 5.82 Å². The van der Waals surface area contributed by atoms with Crippen LogP contribution in [0.1, 0.15) is 33.4 Å². The van der Waals surface area contributed by atoms with E-state index in [9.17, 15) is 9.18 Å². The van der Waals surface area contributed by atoms with Crippen LogP contribution in [0.5, 0.6) is 5.75 Å². The number of rotatable bonds is 6. The van der Waals surface area contributed by atoms with Crippen molar-refractivity contribution in [3.63, 3.8) is 0 Å². The van der Waals surface area contributed by atoms with Crippen LogP contribution in [0.4, 0.5) is 4.39 Å². The highest BCUT2D eigenvalue weighted by Crippen LogP contribution is 2.25. The minimum absolute atomic E-state index is 0.0494. The molecule has 2 heterocycles. The maximum absolute atomic E-state index is 13.0. The first-order valence-corrected chi connectivity index (χ1v) is 8.42. The standard InChI is InChI=1S/C18H17ClFN3O4/c1-10-13(11(2)27-22-10)7-23(3)18(24)15-8-26-17(21-15)9-25-16-5-4-12(20)6-14(16)19/h4-6,8H,7,9H2,1-3H3. The number of carbonyl (C=O) groups excluding carboxylic acids is 1. The van der Waals surface area contributed by atoms with Crippen molar-refractivity contribution < 1.29 is 22.9 Å². The first-order chi connectivity index (χ1) is 12.8. The van der Waals surface area contributed by atoms with Gasteiger partial charge in [0.15, 0.2) is 12.3 Å². The lowest BCUT2D eigenvalue weighted by Crippen LogP contribution is -2.27. The van der Waals surface area contributed by atoms with Gasteiger partial charge >= 0.3 is 0 Å². The summed E-state index contributed by atoms with van der Waals surface area (Å²) in [5.74, 6) is 0.379. The molecule has 0 spiro atoms. The summed E-state index contributed by atoms with van der Waals surface area (Å²) in [6, 6.07) is 3.78. The number of hydrogen-bond acceptors (Lipinski definition) is 6. The second-order valence-electron chi connectivity index (χ2n) is 5.95. The normalized spacial score (nSPS) is 10.9. The van der Waals surface area contributed by atoms with Gasteiger partial charge in [-0.25, -0.2) is 9.37 Å². The lowest BCUT2D eigenvalue weighted by Gasteiger charge is -2.15. The molecule has 0 saturated heterocycles. The lowest BCUT2D eigenvalue weighted by molar-refractivity contribution is 0.0778. The van der Waals surface area contributed by atoms with E-state index in [1.807, 2.05) is 6.92 Å². The molecule has 0 aliphatic carbocycles. The van der Waals surface area contributed by atoms with E-state index in [1.165, 1.54) is 23.3 Å². The molecule has 27 heavy (non-hydrogen) atoms. The zero-order valence-electron chi connectivity index (χ0n) is 15.0. The molecule has 0 N–H and O–H groups in total. The van der Waals surface area contributed by atoms with E-state index in [-0.39, 0.29) is 29.1 Å². The van der Waals surface area contributed by atoms with Gasteiger partial charge in [0.1, 0.15) is 23.6 Å². The minimum atomic E-state index is -0.460. The van der Waals surface area contributed by atoms with Gasteiger partial charge in [0.05, 0.1) is 17.3 Å². The maximum Gasteiger partial charge on any atom is 0.275 e. The molecule has 7 nitrogen and oxygen atoms in total. The number of aromatic nitrogens is 2. The molecule has 0 aliphatic rings. The predicted molar refractivity (Wildman–Crippen MR) is 94.0 cm³/mol. The van der Waals surface area contributed by atoms with Crippen LogP contribution in [0.25, 0.3) is 0 Å². The van der Waals surface area contributed by atoms with E-state index in [4.69, 9.17) is 25.3 Å². The third-order valence-corrected chi connectivity index (χ3v) is 4.23. The Labute approximate surface area is 159 Å². The van der Waals surface area contributed by atoms with Gasteiger partial charge < -0.3 is 18.6 Å². The van der Waals surface area contributed by atoms with Crippen molar-refractivity contribution in [1.29, 1.82) is 0 Å². The smallest absolute Gasteiger partial charge is 0.275 e. The Morgan fingerprint density at radius 2 is 2.15 bits per heavy atom. The van der Waals surface area contributed by atoms with Gasteiger partial charge in [-0.3, -0.25) is 4.79 Å². The predicted octanol–water partition coefficient (Wildman–Crippen LogP) is 3.92. The Balaban J connectivity index is 1.63. The maximum atomic E-state index is 13.0. The van der Waals surface area contributed by atoms with E-state index in [2.05, 4.69) is 10.1 Å². The van der Waals surface area contributed by atoms with Crippen molar-refractivity contribution in [2.45, 2.75) is 27.0 Å². The van der Waals surface area contributed by atoms with Gasteiger partial charge in [0.2, 0.25) is 5.89 Å². The summed E-state index contributed by atoms with van der Waals surface area (Å²) < 4.78 is 28.9. The minimum Gasteiger partial charge on any atom is -0.482 e. The summed E-state index contributed by atoms with van der Waals surface area (Å²) in [6.07, 6.45) is 1.26. The molecular formula is C18H17ClFN3O4. The van der Waals surface area contributed by atoms with Crippen molar-refractivity contribution in [2.24, 2.45) is 0 Å². The zero-order chi connectivity index (χ0) is 19.6. The lowest BCUT2D eigenvalue weighted by atomic mass is 10.2. The number of amides is 1. The van der Waals surface area contributed by atoms with E-state index in [0.29, 0.717) is 18.1 Å². The molecule has 3 aromatic rings. The number of aryl methyl sites for hydroxylation is 2. The van der Waals surface area contributed by atoms with Crippen LogP contribution in [0, 0.1) is 19.7 Å². The summed E-state index contributed by atoms with van der Waals surface area (Å²) in [4.78, 5) is 18.1. The summed E-state index contributed by atoms with van der Waals surface area (Å²) in [5, 5.41) is 4.01. The largest absolute Gasteiger partial charge is 0.482 e. The fourth-order valence-corrected chi connectivity index (χ4v) is 2.66. The van der Waals surface area contributed by atoms with Crippen molar-refractivity contribution >= 4 is 17.5 Å². The first kappa shape index (κ1) is 18.9. The highest BCUT2D eigenvalue weighted by molar-refractivity contribution is 6.32. The topological polar surface area (TPSA) is 81.6 Å². The zero-order valence-corrected chi connectivity index (χ0v) is 15.7. The molecule has 1 aromatic carbocycles. The number of halogens is 2. The Kier molecular flexibility index (Phi) is 5.46. The van der Waals surface area contributed by atoms with E-state index >= 15 is 0 Å². The van der Waals surface area contributed by atoms with Crippen LogP contribution >= 0.6 is 11.6 Å². The van der Waals surface area contributed by atoms with Gasteiger partial charge in [-0.1, -0.05) is 16.8 Å². The van der Waals surface area contributed by atoms with Crippen LogP contribution in [-0.4, -0.2) is 28.0 Å². The number of carbonyl (C=O) groups is 1. The van der Waals surface area contributed by atoms with Crippen molar-refractivity contribution in [3.05, 3.63) is 63.9 Å². The number of oxazole rings is 1. The van der Waals surface area contributed by atoms with Crippen molar-refractivity contribution in [2.75, 3.05) is 7.05 Å². The number of ether oxygens (including phenoxy) is 1. The molecule has 142 valence electrons. The molecule has 3 rings (SSSR count). The van der Waals surface area contributed by atoms with Crippen LogP contribution in [0.15, 0.2) is 33.4 Å². The molecule has 0 saturated carbocycles. The van der Waals surface area contributed by atoms with Gasteiger partial charge in [0, 0.05) is 12.6 Å². The highest BCUT2D eigenvalue weighted by atomic mass is 35.5. The molecule has 2 aromatic heterocycles. The molecule has 0 fully saturated rings. The second-order valence-corrected chi connectivity index (χ2v) is 6.36. The van der Waals surface area contributed by atoms with E-state index in [0.717, 1.165) is 17.3 Å². The fourth-order valence-electron chi connectivity index (χ4n) is 2.44. The number of hydrogen-bond donors (Lipinski definition) is 0. The average Bonchev–Trinajstić information content (AvgIpc) is 3.22. The molecule has 0 atom stereocenters. The third kappa shape index (κ3) is 4.28. The highest BCUT2D eigenvalue weighted by Gasteiger charge is 2.20. The Morgan fingerprint density at radius 1 is 1.37 bits per heavy atom. The molecule has 0 bridgehead atoms. The van der Waals surface area contributed by atoms with Gasteiger partial charge in [-0.2, -0.15) is 0 Å². The second kappa shape index (κ2) is 7.79. The quantitative estimate of drug-likeness (QED) is 0.631. The number of nitrogens with zero attached hydrogens (tertiary/aromatic N) is 3. The fraction of sp³-hybridized carbons (Fsp3) is 0.278. The summed E-state index contributed by atoms with van der Waals surface area (Å²) in [6.45, 7) is 3.89. The number of benzene rings is 1. The van der Waals surface area contributed by atoms with Crippen LogP contribution in [-0.2, 0) is 13.2 Å². The van der Waals surface area contributed by atoms with Crippen LogP contribution in [0.3, 0.4) is 0 Å². The van der Waals surface area contributed by atoms with Crippen molar-refractivity contribution in [1.82, 2.24) is 15.0 Å². The summed E-state index contributed by atoms with van der Waals surface area (Å²) in [5.41, 5.74) is 1.73. The molecule has 9 heteroatoms. The monoisotopic (exact) mass is 393 g/mol. The molecular weight excluding hydrogens is 377 g/mol. The molecule has 0 unspecified atom stereocenters. The Bertz CT molecular complexity index is 950. The van der Waals surface area contributed by atoms with Gasteiger partial charge in [-0.15, -0.1) is 0 Å². The first-order valence-electron chi connectivity index (χ1n) is 8.04. The SMILES string of the molecule is Cc1noc(C)c1CN(C)C(=O)c1coc(COc2ccc(F)cc2Cl)n1.